The van der Waals surface area contributed by atoms with Crippen molar-refractivity contribution in [2.45, 2.75) is 58.9 Å². The molecule has 1 fully saturated rings. The maximum atomic E-state index is 3.70. The van der Waals surface area contributed by atoms with Crippen LogP contribution in [0.2, 0.25) is 0 Å². The molecular weight excluding hydrogens is 218 g/mol. The Hall–Kier alpha value is -0.820. The largest absolute Gasteiger partial charge is 0.310 e. The van der Waals surface area contributed by atoms with Gasteiger partial charge in [-0.05, 0) is 48.4 Å². The summed E-state index contributed by atoms with van der Waals surface area (Å²) in [5.41, 5.74) is 4.56. The molecule has 1 heteroatoms. The van der Waals surface area contributed by atoms with E-state index in [1.165, 1.54) is 30.4 Å². The number of benzene rings is 1. The molecule has 0 heterocycles. The summed E-state index contributed by atoms with van der Waals surface area (Å²) in [7, 11) is 0. The van der Waals surface area contributed by atoms with Gasteiger partial charge >= 0.3 is 0 Å². The van der Waals surface area contributed by atoms with Gasteiger partial charge in [0.15, 0.2) is 0 Å². The van der Waals surface area contributed by atoms with Gasteiger partial charge in [-0.2, -0.15) is 0 Å². The van der Waals surface area contributed by atoms with Crippen LogP contribution in [-0.4, -0.2) is 6.54 Å². The molecule has 18 heavy (non-hydrogen) atoms. The molecule has 0 spiro atoms. The van der Waals surface area contributed by atoms with Gasteiger partial charge < -0.3 is 5.32 Å². The van der Waals surface area contributed by atoms with Crippen molar-refractivity contribution in [2.24, 2.45) is 5.92 Å². The van der Waals surface area contributed by atoms with E-state index in [4.69, 9.17) is 0 Å². The van der Waals surface area contributed by atoms with Gasteiger partial charge in [0.05, 0.1) is 0 Å². The van der Waals surface area contributed by atoms with Gasteiger partial charge in [-0.25, -0.2) is 0 Å². The SMILES string of the molecule is CCNC(CC1CC1)c1cc(CC)ccc1CC. The van der Waals surface area contributed by atoms with Gasteiger partial charge in [0.25, 0.3) is 0 Å². The summed E-state index contributed by atoms with van der Waals surface area (Å²) in [5.74, 6) is 0.976. The standard InChI is InChI=1S/C17H27N/c1-4-13-9-10-15(5-2)16(11-13)17(18-6-3)12-14-7-8-14/h9-11,14,17-18H,4-8,12H2,1-3H3. The van der Waals surface area contributed by atoms with E-state index in [1.54, 1.807) is 5.56 Å². The lowest BCUT2D eigenvalue weighted by atomic mass is 9.92. The molecule has 0 saturated heterocycles. The predicted molar refractivity (Wildman–Crippen MR) is 79.0 cm³/mol. The van der Waals surface area contributed by atoms with Crippen LogP contribution in [0.5, 0.6) is 0 Å². The molecule has 0 aromatic heterocycles. The summed E-state index contributed by atoms with van der Waals surface area (Å²) in [6, 6.07) is 7.64. The topological polar surface area (TPSA) is 12.0 Å². The lowest BCUT2D eigenvalue weighted by Crippen LogP contribution is -2.22. The van der Waals surface area contributed by atoms with E-state index in [-0.39, 0.29) is 0 Å². The van der Waals surface area contributed by atoms with Gasteiger partial charge in [-0.15, -0.1) is 0 Å². The molecule has 0 bridgehead atoms. The van der Waals surface area contributed by atoms with Crippen LogP contribution < -0.4 is 5.32 Å². The Balaban J connectivity index is 2.24. The fourth-order valence-electron chi connectivity index (χ4n) is 2.76. The molecule has 1 aromatic rings. The predicted octanol–water partition coefficient (Wildman–Crippen LogP) is 4.26. The number of hydrogen-bond donors (Lipinski definition) is 1. The number of rotatable bonds is 7. The van der Waals surface area contributed by atoms with E-state index in [0.717, 1.165) is 25.3 Å². The first-order valence-electron chi connectivity index (χ1n) is 7.63. The third-order valence-corrected chi connectivity index (χ3v) is 4.09. The van der Waals surface area contributed by atoms with Crippen molar-refractivity contribution in [2.75, 3.05) is 6.54 Å². The summed E-state index contributed by atoms with van der Waals surface area (Å²) in [6.07, 6.45) is 6.49. The van der Waals surface area contributed by atoms with E-state index >= 15 is 0 Å². The highest BCUT2D eigenvalue weighted by Crippen LogP contribution is 2.38. The lowest BCUT2D eigenvalue weighted by Gasteiger charge is -2.22. The van der Waals surface area contributed by atoms with Crippen molar-refractivity contribution in [1.29, 1.82) is 0 Å². The molecule has 1 nitrogen and oxygen atoms in total. The van der Waals surface area contributed by atoms with Crippen LogP contribution in [0.1, 0.15) is 62.8 Å². The highest BCUT2D eigenvalue weighted by Gasteiger charge is 2.26. The van der Waals surface area contributed by atoms with Crippen molar-refractivity contribution in [3.8, 4) is 0 Å². The molecule has 0 amide bonds. The third kappa shape index (κ3) is 3.35. The smallest absolute Gasteiger partial charge is 0.0325 e. The Bertz CT molecular complexity index is 379. The zero-order chi connectivity index (χ0) is 13.0. The van der Waals surface area contributed by atoms with Crippen LogP contribution in [0.3, 0.4) is 0 Å². The first-order valence-corrected chi connectivity index (χ1v) is 7.63. The molecule has 1 aliphatic rings. The minimum Gasteiger partial charge on any atom is -0.310 e. The fourth-order valence-corrected chi connectivity index (χ4v) is 2.76. The van der Waals surface area contributed by atoms with Crippen LogP contribution >= 0.6 is 0 Å². The maximum Gasteiger partial charge on any atom is 0.0325 e. The average molecular weight is 245 g/mol. The van der Waals surface area contributed by atoms with Gasteiger partial charge in [-0.1, -0.05) is 51.8 Å². The molecule has 1 aromatic carbocycles. The fraction of sp³-hybridized carbons (Fsp3) is 0.647. The Labute approximate surface area is 112 Å². The minimum atomic E-state index is 0.573. The summed E-state index contributed by atoms with van der Waals surface area (Å²) in [4.78, 5) is 0. The van der Waals surface area contributed by atoms with E-state index in [9.17, 15) is 0 Å². The zero-order valence-corrected chi connectivity index (χ0v) is 12.1. The maximum absolute atomic E-state index is 3.70. The normalized spacial score (nSPS) is 16.8. The Morgan fingerprint density at radius 2 is 1.94 bits per heavy atom. The molecule has 1 aliphatic carbocycles. The molecule has 0 radical (unpaired) electrons. The van der Waals surface area contributed by atoms with Crippen molar-refractivity contribution in [3.63, 3.8) is 0 Å². The summed E-state index contributed by atoms with van der Waals surface area (Å²) < 4.78 is 0. The minimum absolute atomic E-state index is 0.573. The van der Waals surface area contributed by atoms with Gasteiger partial charge in [0.1, 0.15) is 0 Å². The second-order valence-electron chi connectivity index (χ2n) is 5.53. The first-order chi connectivity index (χ1) is 8.78. The number of hydrogen-bond acceptors (Lipinski definition) is 1. The molecule has 100 valence electrons. The van der Waals surface area contributed by atoms with Gasteiger partial charge in [0, 0.05) is 6.04 Å². The Kier molecular flexibility index (Phi) is 4.82. The van der Waals surface area contributed by atoms with E-state index in [1.807, 2.05) is 0 Å². The lowest BCUT2D eigenvalue weighted by molar-refractivity contribution is 0.483. The Morgan fingerprint density at radius 3 is 2.50 bits per heavy atom. The number of aryl methyl sites for hydroxylation is 2. The van der Waals surface area contributed by atoms with Crippen LogP contribution in [0.4, 0.5) is 0 Å². The molecule has 1 unspecified atom stereocenters. The van der Waals surface area contributed by atoms with Gasteiger partial charge in [-0.3, -0.25) is 0 Å². The second kappa shape index (κ2) is 6.38. The second-order valence-corrected chi connectivity index (χ2v) is 5.53. The van der Waals surface area contributed by atoms with Crippen LogP contribution in [0, 0.1) is 5.92 Å². The average Bonchev–Trinajstić information content (AvgIpc) is 3.21. The van der Waals surface area contributed by atoms with E-state index in [0.29, 0.717) is 6.04 Å². The third-order valence-electron chi connectivity index (χ3n) is 4.09. The highest BCUT2D eigenvalue weighted by molar-refractivity contribution is 5.35. The van der Waals surface area contributed by atoms with Crippen molar-refractivity contribution in [1.82, 2.24) is 5.32 Å². The van der Waals surface area contributed by atoms with Crippen molar-refractivity contribution < 1.29 is 0 Å². The van der Waals surface area contributed by atoms with Crippen LogP contribution in [-0.2, 0) is 12.8 Å². The number of nitrogens with one attached hydrogen (secondary N) is 1. The molecule has 1 N–H and O–H groups in total. The quantitative estimate of drug-likeness (QED) is 0.756. The van der Waals surface area contributed by atoms with Gasteiger partial charge in [0.2, 0.25) is 0 Å². The molecular formula is C17H27N. The first kappa shape index (κ1) is 13.6. The summed E-state index contributed by atoms with van der Waals surface area (Å²) >= 11 is 0. The molecule has 1 saturated carbocycles. The monoisotopic (exact) mass is 245 g/mol. The summed E-state index contributed by atoms with van der Waals surface area (Å²) in [6.45, 7) is 7.80. The van der Waals surface area contributed by atoms with Crippen molar-refractivity contribution >= 4 is 0 Å². The van der Waals surface area contributed by atoms with Crippen LogP contribution in [0.15, 0.2) is 18.2 Å². The van der Waals surface area contributed by atoms with E-state index in [2.05, 4.69) is 44.3 Å². The molecule has 0 aliphatic heterocycles. The molecule has 1 atom stereocenters. The highest BCUT2D eigenvalue weighted by atomic mass is 14.9. The zero-order valence-electron chi connectivity index (χ0n) is 12.1. The van der Waals surface area contributed by atoms with Crippen LogP contribution in [0.25, 0.3) is 0 Å². The summed E-state index contributed by atoms with van der Waals surface area (Å²) in [5, 5.41) is 3.70. The Morgan fingerprint density at radius 1 is 1.17 bits per heavy atom. The molecule has 2 rings (SSSR count). The van der Waals surface area contributed by atoms with E-state index < -0.39 is 0 Å². The van der Waals surface area contributed by atoms with Crippen molar-refractivity contribution in [3.05, 3.63) is 34.9 Å².